The van der Waals surface area contributed by atoms with Crippen LogP contribution in [0, 0.1) is 5.92 Å². The van der Waals surface area contributed by atoms with Gasteiger partial charge in [-0.05, 0) is 58.1 Å². The van der Waals surface area contributed by atoms with Crippen molar-refractivity contribution in [3.8, 4) is 0 Å². The summed E-state index contributed by atoms with van der Waals surface area (Å²) in [4.78, 5) is 17.2. The lowest BCUT2D eigenvalue weighted by molar-refractivity contribution is -0.0500. The van der Waals surface area contributed by atoms with Crippen molar-refractivity contribution in [3.63, 3.8) is 0 Å². The molecule has 32 heavy (non-hydrogen) atoms. The second-order valence-electron chi connectivity index (χ2n) is 9.34. The highest BCUT2D eigenvalue weighted by molar-refractivity contribution is 5.68. The highest BCUT2D eigenvalue weighted by Crippen LogP contribution is 2.41. The zero-order valence-corrected chi connectivity index (χ0v) is 19.1. The van der Waals surface area contributed by atoms with Crippen LogP contribution in [0.2, 0.25) is 0 Å². The predicted octanol–water partition coefficient (Wildman–Crippen LogP) is 4.16. The third-order valence-corrected chi connectivity index (χ3v) is 5.51. The molecule has 2 aromatic heterocycles. The fourth-order valence-electron chi connectivity index (χ4n) is 3.87. The van der Waals surface area contributed by atoms with Crippen molar-refractivity contribution in [1.29, 1.82) is 0 Å². The van der Waals surface area contributed by atoms with E-state index in [1.807, 2.05) is 13.0 Å². The van der Waals surface area contributed by atoms with E-state index in [2.05, 4.69) is 15.4 Å². The maximum atomic E-state index is 13.7. The molecular weight excluding hydrogens is 420 g/mol. The first-order valence-corrected chi connectivity index (χ1v) is 11.0. The van der Waals surface area contributed by atoms with Crippen molar-refractivity contribution in [3.05, 3.63) is 29.7 Å². The van der Waals surface area contributed by atoms with Crippen LogP contribution >= 0.6 is 0 Å². The van der Waals surface area contributed by atoms with Crippen LogP contribution in [0.4, 0.5) is 13.6 Å². The third kappa shape index (κ3) is 6.35. The number of alkyl carbamates (subject to hydrolysis) is 1. The Bertz CT molecular complexity index is 918. The fraction of sp³-hybridized carbons (Fsp3) is 0.682. The summed E-state index contributed by atoms with van der Waals surface area (Å²) in [6.45, 7) is 8.13. The van der Waals surface area contributed by atoms with Crippen LogP contribution in [0.15, 0.2) is 18.5 Å². The van der Waals surface area contributed by atoms with Gasteiger partial charge in [-0.1, -0.05) is 0 Å². The van der Waals surface area contributed by atoms with Gasteiger partial charge in [-0.3, -0.25) is 0 Å². The monoisotopic (exact) mass is 453 g/mol. The van der Waals surface area contributed by atoms with E-state index in [4.69, 9.17) is 15.2 Å². The first kappa shape index (κ1) is 24.3. The first-order valence-electron chi connectivity index (χ1n) is 11.0. The van der Waals surface area contributed by atoms with Crippen molar-refractivity contribution >= 4 is 11.7 Å². The number of aromatic nitrogens is 3. The molecule has 10 heteroatoms. The molecule has 2 heterocycles. The molecule has 0 radical (unpaired) electrons. The zero-order valence-electron chi connectivity index (χ0n) is 19.1. The number of imidazole rings is 1. The van der Waals surface area contributed by atoms with E-state index in [0.717, 1.165) is 5.56 Å². The van der Waals surface area contributed by atoms with E-state index in [9.17, 15) is 13.6 Å². The van der Waals surface area contributed by atoms with Crippen molar-refractivity contribution in [2.75, 3.05) is 13.2 Å². The lowest BCUT2D eigenvalue weighted by Crippen LogP contribution is -2.40. The zero-order chi connectivity index (χ0) is 23.5. The number of hydrogen-bond donors (Lipinski definition) is 2. The number of carbonyl (C=O) groups is 1. The summed E-state index contributed by atoms with van der Waals surface area (Å²) in [5.41, 5.74) is 7.36. The molecule has 1 aliphatic carbocycles. The summed E-state index contributed by atoms with van der Waals surface area (Å²) in [5.74, 6) is -2.86. The van der Waals surface area contributed by atoms with Gasteiger partial charge in [-0.2, -0.15) is 5.10 Å². The number of alkyl halides is 2. The number of halogens is 2. The lowest BCUT2D eigenvalue weighted by atomic mass is 9.81. The number of rotatable bonds is 7. The van der Waals surface area contributed by atoms with Crippen LogP contribution in [-0.4, -0.2) is 45.4 Å². The molecule has 1 fully saturated rings. The van der Waals surface area contributed by atoms with E-state index in [-0.39, 0.29) is 37.6 Å². The van der Waals surface area contributed by atoms with Gasteiger partial charge >= 0.3 is 6.09 Å². The molecule has 1 aliphatic rings. The minimum absolute atomic E-state index is 0.188. The van der Waals surface area contributed by atoms with Gasteiger partial charge in [0, 0.05) is 19.4 Å². The maximum absolute atomic E-state index is 13.7. The number of fused-ring (bicyclic) bond motifs is 1. The Morgan fingerprint density at radius 2 is 2.06 bits per heavy atom. The number of nitrogens with one attached hydrogen (secondary N) is 1. The molecule has 178 valence electrons. The van der Waals surface area contributed by atoms with E-state index in [0.29, 0.717) is 24.6 Å². The first-order chi connectivity index (χ1) is 15.0. The molecule has 2 atom stereocenters. The standard InChI is InChI=1S/C22H33F2N5O3/c1-5-31-13-16(25)15-10-18-27-17(12-29(18)26-11-15)19(28-20(30)32-21(2,3)4)14-6-8-22(23,24)9-7-14/h10-12,14,16,19H,5-9,13,25H2,1-4H3,(H,28,30)/t16?,19-/m0/s1. The average molecular weight is 454 g/mol. The van der Waals surface area contributed by atoms with Gasteiger partial charge in [0.05, 0.1) is 36.8 Å². The Kier molecular flexibility index (Phi) is 7.34. The Labute approximate surface area is 186 Å². The molecule has 0 saturated heterocycles. The van der Waals surface area contributed by atoms with Gasteiger partial charge in [0.1, 0.15) is 5.60 Å². The van der Waals surface area contributed by atoms with Gasteiger partial charge < -0.3 is 20.5 Å². The Hall–Kier alpha value is -2.33. The van der Waals surface area contributed by atoms with Crippen LogP contribution in [0.5, 0.6) is 0 Å². The normalized spacial score (nSPS) is 19.0. The third-order valence-electron chi connectivity index (χ3n) is 5.51. The molecule has 1 amide bonds. The summed E-state index contributed by atoms with van der Waals surface area (Å²) in [6, 6.07) is 0.909. The number of nitrogens with zero attached hydrogens (tertiary/aromatic N) is 3. The Morgan fingerprint density at radius 1 is 1.38 bits per heavy atom. The summed E-state index contributed by atoms with van der Waals surface area (Å²) < 4.78 is 39.9. The van der Waals surface area contributed by atoms with Crippen molar-refractivity contribution in [2.24, 2.45) is 11.7 Å². The molecule has 3 rings (SSSR count). The van der Waals surface area contributed by atoms with Gasteiger partial charge in [-0.15, -0.1) is 0 Å². The van der Waals surface area contributed by atoms with Gasteiger partial charge in [-0.25, -0.2) is 23.1 Å². The number of hydrogen-bond acceptors (Lipinski definition) is 6. The summed E-state index contributed by atoms with van der Waals surface area (Å²) in [6.07, 6.45) is 2.88. The molecule has 3 N–H and O–H groups in total. The SMILES string of the molecule is CCOCC(N)c1cnn2cc([C@@H](NC(=O)OC(C)(C)C)C3CCC(F)(F)CC3)nc2c1. The number of nitrogens with two attached hydrogens (primary N) is 1. The number of ether oxygens (including phenoxy) is 2. The number of carbonyl (C=O) groups excluding carboxylic acids is 1. The van der Waals surface area contributed by atoms with E-state index >= 15 is 0 Å². The summed E-state index contributed by atoms with van der Waals surface area (Å²) >= 11 is 0. The Balaban J connectivity index is 1.86. The molecule has 0 spiro atoms. The van der Waals surface area contributed by atoms with Gasteiger partial charge in [0.2, 0.25) is 5.92 Å². The van der Waals surface area contributed by atoms with Crippen LogP contribution < -0.4 is 11.1 Å². The highest BCUT2D eigenvalue weighted by atomic mass is 19.3. The van der Waals surface area contributed by atoms with Gasteiger partial charge in [0.25, 0.3) is 0 Å². The molecule has 1 saturated carbocycles. The van der Waals surface area contributed by atoms with Crippen LogP contribution in [0.3, 0.4) is 0 Å². The van der Waals surface area contributed by atoms with Crippen LogP contribution in [0.25, 0.3) is 5.65 Å². The quantitative estimate of drug-likeness (QED) is 0.653. The highest BCUT2D eigenvalue weighted by Gasteiger charge is 2.39. The molecule has 0 aliphatic heterocycles. The minimum Gasteiger partial charge on any atom is -0.444 e. The largest absolute Gasteiger partial charge is 0.444 e. The van der Waals surface area contributed by atoms with Crippen molar-refractivity contribution < 1.29 is 23.0 Å². The molecule has 0 aromatic carbocycles. The number of amides is 1. The van der Waals surface area contributed by atoms with Crippen LogP contribution in [-0.2, 0) is 9.47 Å². The van der Waals surface area contributed by atoms with Crippen LogP contribution in [0.1, 0.15) is 76.7 Å². The molecule has 2 aromatic rings. The molecule has 1 unspecified atom stereocenters. The second-order valence-corrected chi connectivity index (χ2v) is 9.34. The molecule has 8 nitrogen and oxygen atoms in total. The Morgan fingerprint density at radius 3 is 2.69 bits per heavy atom. The smallest absolute Gasteiger partial charge is 0.408 e. The van der Waals surface area contributed by atoms with E-state index in [1.165, 1.54) is 0 Å². The van der Waals surface area contributed by atoms with E-state index < -0.39 is 23.7 Å². The molecule has 0 bridgehead atoms. The minimum atomic E-state index is -2.67. The average Bonchev–Trinajstić information content (AvgIpc) is 3.12. The fourth-order valence-corrected chi connectivity index (χ4v) is 3.87. The molecular formula is C22H33F2N5O3. The summed E-state index contributed by atoms with van der Waals surface area (Å²) in [5, 5.41) is 7.23. The predicted molar refractivity (Wildman–Crippen MR) is 115 cm³/mol. The second kappa shape index (κ2) is 9.66. The topological polar surface area (TPSA) is 104 Å². The van der Waals surface area contributed by atoms with Crippen molar-refractivity contribution in [1.82, 2.24) is 19.9 Å². The van der Waals surface area contributed by atoms with Crippen molar-refractivity contribution in [2.45, 2.75) is 77.0 Å². The summed E-state index contributed by atoms with van der Waals surface area (Å²) in [7, 11) is 0. The van der Waals surface area contributed by atoms with Gasteiger partial charge in [0.15, 0.2) is 5.65 Å². The van der Waals surface area contributed by atoms with E-state index in [1.54, 1.807) is 37.7 Å². The lowest BCUT2D eigenvalue weighted by Gasteiger charge is -2.33. The maximum Gasteiger partial charge on any atom is 0.408 e.